The molecule has 1 aliphatic rings. The average molecular weight is 378 g/mol. The Labute approximate surface area is 166 Å². The number of hydrogen-bond acceptors (Lipinski definition) is 5. The molecule has 2 heterocycles. The number of nitriles is 1. The summed E-state index contributed by atoms with van der Waals surface area (Å²) in [5, 5.41) is 11.9. The molecule has 1 N–H and O–H groups in total. The van der Waals surface area contributed by atoms with Crippen molar-refractivity contribution in [2.75, 3.05) is 45.2 Å². The van der Waals surface area contributed by atoms with Gasteiger partial charge in [-0.25, -0.2) is 9.78 Å². The Morgan fingerprint density at radius 2 is 2.00 bits per heavy atom. The number of piperazine rings is 1. The van der Waals surface area contributed by atoms with Crippen LogP contribution in [0.4, 0.5) is 10.6 Å². The highest BCUT2D eigenvalue weighted by Gasteiger charge is 2.15. The Kier molecular flexibility index (Phi) is 6.45. The van der Waals surface area contributed by atoms with Crippen LogP contribution in [0.15, 0.2) is 42.6 Å². The predicted octanol–water partition coefficient (Wildman–Crippen LogP) is 2.05. The minimum absolute atomic E-state index is 0.162. The van der Waals surface area contributed by atoms with E-state index < -0.39 is 0 Å². The number of urea groups is 1. The molecule has 0 aliphatic carbocycles. The molecule has 1 aromatic carbocycles. The van der Waals surface area contributed by atoms with E-state index in [0.29, 0.717) is 18.7 Å². The van der Waals surface area contributed by atoms with E-state index in [9.17, 15) is 4.79 Å². The van der Waals surface area contributed by atoms with Crippen molar-refractivity contribution in [3.8, 4) is 6.07 Å². The van der Waals surface area contributed by atoms with Crippen LogP contribution in [0.5, 0.6) is 0 Å². The van der Waals surface area contributed by atoms with Gasteiger partial charge in [-0.15, -0.1) is 0 Å². The summed E-state index contributed by atoms with van der Waals surface area (Å²) in [6.07, 6.45) is 1.82. The van der Waals surface area contributed by atoms with Gasteiger partial charge >= 0.3 is 6.03 Å². The quantitative estimate of drug-likeness (QED) is 0.862. The number of amides is 2. The normalized spacial score (nSPS) is 14.4. The molecule has 3 rings (SSSR count). The van der Waals surface area contributed by atoms with Gasteiger partial charge in [-0.05, 0) is 36.4 Å². The lowest BCUT2D eigenvalue weighted by Crippen LogP contribution is -2.44. The first-order valence-corrected chi connectivity index (χ1v) is 9.41. The second-order valence-corrected chi connectivity index (χ2v) is 7.14. The van der Waals surface area contributed by atoms with Gasteiger partial charge in [0.05, 0.1) is 11.6 Å². The number of pyridine rings is 1. The Hall–Kier alpha value is -3.11. The molecule has 1 fully saturated rings. The summed E-state index contributed by atoms with van der Waals surface area (Å²) in [4.78, 5) is 23.1. The van der Waals surface area contributed by atoms with E-state index in [1.165, 1.54) is 0 Å². The summed E-state index contributed by atoms with van der Waals surface area (Å²) in [6.45, 7) is 4.93. The number of carbonyl (C=O) groups excluding carboxylic acids is 1. The van der Waals surface area contributed by atoms with Crippen LogP contribution in [0.3, 0.4) is 0 Å². The number of aromatic nitrogens is 1. The number of anilines is 1. The monoisotopic (exact) mass is 378 g/mol. The molecular formula is C21H26N6O. The molecule has 1 aliphatic heterocycles. The zero-order valence-electron chi connectivity index (χ0n) is 16.4. The Bertz CT molecular complexity index is 837. The molecule has 146 valence electrons. The molecular weight excluding hydrogens is 352 g/mol. The van der Waals surface area contributed by atoms with Crippen molar-refractivity contribution in [1.29, 1.82) is 5.26 Å². The molecule has 0 atom stereocenters. The number of carbonyl (C=O) groups is 1. The van der Waals surface area contributed by atoms with Crippen molar-refractivity contribution in [3.05, 3.63) is 59.3 Å². The lowest BCUT2D eigenvalue weighted by Gasteiger charge is -2.33. The second-order valence-electron chi connectivity index (χ2n) is 7.14. The van der Waals surface area contributed by atoms with Gasteiger partial charge in [-0.2, -0.15) is 5.26 Å². The van der Waals surface area contributed by atoms with Crippen molar-refractivity contribution in [1.82, 2.24) is 20.1 Å². The van der Waals surface area contributed by atoms with E-state index in [-0.39, 0.29) is 6.03 Å². The molecule has 0 radical (unpaired) electrons. The number of likely N-dealkylation sites (N-methyl/N-ethyl adjacent to an activating group) is 1. The molecule has 1 saturated heterocycles. The lowest BCUT2D eigenvalue weighted by atomic mass is 10.1. The third kappa shape index (κ3) is 5.21. The average Bonchev–Trinajstić information content (AvgIpc) is 2.73. The highest BCUT2D eigenvalue weighted by Crippen LogP contribution is 2.13. The second kappa shape index (κ2) is 9.20. The summed E-state index contributed by atoms with van der Waals surface area (Å²) in [6, 6.07) is 13.3. The standard InChI is InChI=1S/C21H26N6O/c1-25-8-10-27(11-9-25)20-7-6-19(14-23-20)15-24-21(28)26(2)16-18-5-3-4-17(12-18)13-22/h3-7,12,14H,8-11,15-16H2,1-2H3,(H,24,28). The van der Waals surface area contributed by atoms with E-state index in [0.717, 1.165) is 43.1 Å². The van der Waals surface area contributed by atoms with Crippen LogP contribution < -0.4 is 10.2 Å². The number of hydrogen-bond donors (Lipinski definition) is 1. The summed E-state index contributed by atoms with van der Waals surface area (Å²) in [5.74, 6) is 0.984. The van der Waals surface area contributed by atoms with Crippen molar-refractivity contribution in [2.45, 2.75) is 13.1 Å². The Morgan fingerprint density at radius 3 is 2.68 bits per heavy atom. The van der Waals surface area contributed by atoms with Crippen LogP contribution in [0, 0.1) is 11.3 Å². The highest BCUT2D eigenvalue weighted by atomic mass is 16.2. The van der Waals surface area contributed by atoms with Gasteiger partial charge in [0.1, 0.15) is 5.82 Å². The summed E-state index contributed by atoms with van der Waals surface area (Å²) in [7, 11) is 3.87. The molecule has 7 heteroatoms. The molecule has 0 saturated carbocycles. The zero-order chi connectivity index (χ0) is 19.9. The van der Waals surface area contributed by atoms with E-state index >= 15 is 0 Å². The van der Waals surface area contributed by atoms with Crippen LogP contribution in [0.2, 0.25) is 0 Å². The van der Waals surface area contributed by atoms with Gasteiger partial charge in [0.15, 0.2) is 0 Å². The fraction of sp³-hybridized carbons (Fsp3) is 0.381. The third-order valence-corrected chi connectivity index (χ3v) is 4.90. The minimum Gasteiger partial charge on any atom is -0.354 e. The van der Waals surface area contributed by atoms with Gasteiger partial charge in [-0.3, -0.25) is 0 Å². The maximum absolute atomic E-state index is 12.3. The first-order valence-electron chi connectivity index (χ1n) is 9.41. The first-order chi connectivity index (χ1) is 13.5. The lowest BCUT2D eigenvalue weighted by molar-refractivity contribution is 0.206. The number of benzene rings is 1. The van der Waals surface area contributed by atoms with E-state index in [4.69, 9.17) is 5.26 Å². The van der Waals surface area contributed by atoms with Crippen LogP contribution >= 0.6 is 0 Å². The van der Waals surface area contributed by atoms with E-state index in [1.807, 2.05) is 30.5 Å². The number of nitrogens with one attached hydrogen (secondary N) is 1. The molecule has 7 nitrogen and oxygen atoms in total. The minimum atomic E-state index is -0.162. The smallest absolute Gasteiger partial charge is 0.317 e. The largest absolute Gasteiger partial charge is 0.354 e. The summed E-state index contributed by atoms with van der Waals surface area (Å²) >= 11 is 0. The molecule has 0 unspecified atom stereocenters. The van der Waals surface area contributed by atoms with Gasteiger partial charge in [0, 0.05) is 52.5 Å². The maximum Gasteiger partial charge on any atom is 0.317 e. The fourth-order valence-electron chi connectivity index (χ4n) is 3.14. The molecule has 2 aromatic rings. The highest BCUT2D eigenvalue weighted by molar-refractivity contribution is 5.73. The van der Waals surface area contributed by atoms with Gasteiger partial charge < -0.3 is 20.0 Å². The Morgan fingerprint density at radius 1 is 1.21 bits per heavy atom. The van der Waals surface area contributed by atoms with Gasteiger partial charge in [0.25, 0.3) is 0 Å². The first kappa shape index (κ1) is 19.6. The SMILES string of the molecule is CN1CCN(c2ccc(CNC(=O)N(C)Cc3cccc(C#N)c3)cn2)CC1. The van der Waals surface area contributed by atoms with E-state index in [2.05, 4.69) is 33.2 Å². The van der Waals surface area contributed by atoms with E-state index in [1.54, 1.807) is 24.1 Å². The predicted molar refractivity (Wildman–Crippen MR) is 109 cm³/mol. The van der Waals surface area contributed by atoms with Crippen LogP contribution in [-0.2, 0) is 13.1 Å². The van der Waals surface area contributed by atoms with Crippen LogP contribution in [0.1, 0.15) is 16.7 Å². The fourth-order valence-corrected chi connectivity index (χ4v) is 3.14. The summed E-state index contributed by atoms with van der Waals surface area (Å²) in [5.41, 5.74) is 2.49. The van der Waals surface area contributed by atoms with Crippen LogP contribution in [-0.4, -0.2) is 61.1 Å². The molecule has 2 amide bonds. The van der Waals surface area contributed by atoms with Gasteiger partial charge in [0.2, 0.25) is 0 Å². The molecule has 1 aromatic heterocycles. The topological polar surface area (TPSA) is 75.5 Å². The third-order valence-electron chi connectivity index (χ3n) is 4.90. The number of nitrogens with zero attached hydrogens (tertiary/aromatic N) is 5. The van der Waals surface area contributed by atoms with Crippen molar-refractivity contribution >= 4 is 11.8 Å². The van der Waals surface area contributed by atoms with Crippen LogP contribution in [0.25, 0.3) is 0 Å². The van der Waals surface area contributed by atoms with Gasteiger partial charge in [-0.1, -0.05) is 18.2 Å². The zero-order valence-corrected chi connectivity index (χ0v) is 16.4. The number of rotatable bonds is 5. The molecule has 28 heavy (non-hydrogen) atoms. The molecule has 0 bridgehead atoms. The molecule has 0 spiro atoms. The van der Waals surface area contributed by atoms with Crippen molar-refractivity contribution < 1.29 is 4.79 Å². The Balaban J connectivity index is 1.49. The maximum atomic E-state index is 12.3. The summed E-state index contributed by atoms with van der Waals surface area (Å²) < 4.78 is 0. The van der Waals surface area contributed by atoms with Crippen molar-refractivity contribution in [3.63, 3.8) is 0 Å². The van der Waals surface area contributed by atoms with Crippen molar-refractivity contribution in [2.24, 2.45) is 0 Å².